The zero-order chi connectivity index (χ0) is 12.3. The lowest BCUT2D eigenvalue weighted by Gasteiger charge is -2.06. The van der Waals surface area contributed by atoms with Crippen molar-refractivity contribution in [1.82, 2.24) is 5.32 Å². The van der Waals surface area contributed by atoms with Crippen LogP contribution in [0, 0.1) is 11.3 Å². The molecule has 2 N–H and O–H groups in total. The van der Waals surface area contributed by atoms with E-state index in [4.69, 9.17) is 15.1 Å². The number of nitrogens with zero attached hydrogens (tertiary/aromatic N) is 1. The maximum atomic E-state index is 8.62. The summed E-state index contributed by atoms with van der Waals surface area (Å²) in [6.45, 7) is 2.06. The fourth-order valence-corrected chi connectivity index (χ4v) is 1.41. The summed E-state index contributed by atoms with van der Waals surface area (Å²) in [5, 5.41) is 20.3. The number of benzene rings is 1. The summed E-state index contributed by atoms with van der Waals surface area (Å²) in [5.41, 5.74) is 1.18. The second kappa shape index (κ2) is 8.57. The molecule has 92 valence electrons. The molecule has 0 saturated heterocycles. The van der Waals surface area contributed by atoms with Crippen LogP contribution in [0.15, 0.2) is 24.3 Å². The number of nitrogens with one attached hydrogen (secondary N) is 1. The zero-order valence-corrected chi connectivity index (χ0v) is 9.85. The minimum absolute atomic E-state index is 0.0821. The molecule has 0 aliphatic heterocycles. The summed E-state index contributed by atoms with van der Waals surface area (Å²) in [5.74, 6) is 0.718. The van der Waals surface area contributed by atoms with E-state index in [-0.39, 0.29) is 13.2 Å². The Hall–Kier alpha value is -1.57. The summed E-state index contributed by atoms with van der Waals surface area (Å²) in [6, 6.07) is 9.61. The highest BCUT2D eigenvalue weighted by molar-refractivity contribution is 5.27. The van der Waals surface area contributed by atoms with Gasteiger partial charge in [0.2, 0.25) is 0 Å². The number of ether oxygens (including phenoxy) is 1. The molecule has 1 aromatic rings. The van der Waals surface area contributed by atoms with Crippen molar-refractivity contribution in [3.8, 4) is 11.8 Å². The highest BCUT2D eigenvalue weighted by Crippen LogP contribution is 2.11. The van der Waals surface area contributed by atoms with Crippen LogP contribution < -0.4 is 10.1 Å². The van der Waals surface area contributed by atoms with E-state index in [1.807, 2.05) is 30.3 Å². The van der Waals surface area contributed by atoms with Crippen LogP contribution >= 0.6 is 0 Å². The molecule has 0 unspecified atom stereocenters. The highest BCUT2D eigenvalue weighted by atomic mass is 16.5. The molecular weight excluding hydrogens is 216 g/mol. The smallest absolute Gasteiger partial charge is 0.174 e. The summed E-state index contributed by atoms with van der Waals surface area (Å²) in [7, 11) is 0. The van der Waals surface area contributed by atoms with Gasteiger partial charge in [-0.15, -0.1) is 0 Å². The van der Waals surface area contributed by atoms with Gasteiger partial charge in [0.05, 0.1) is 0 Å². The Bertz CT molecular complexity index is 343. The number of unbranched alkanes of at least 4 members (excludes halogenated alkanes) is 1. The fourth-order valence-electron chi connectivity index (χ4n) is 1.41. The Morgan fingerprint density at radius 1 is 1.24 bits per heavy atom. The monoisotopic (exact) mass is 234 g/mol. The molecule has 0 aliphatic carbocycles. The lowest BCUT2D eigenvalue weighted by atomic mass is 10.2. The molecule has 0 saturated carbocycles. The molecule has 0 bridgehead atoms. The second-order valence-corrected chi connectivity index (χ2v) is 3.70. The minimum Gasteiger partial charge on any atom is -0.479 e. The van der Waals surface area contributed by atoms with E-state index >= 15 is 0 Å². The van der Waals surface area contributed by atoms with Gasteiger partial charge in [-0.3, -0.25) is 0 Å². The van der Waals surface area contributed by atoms with E-state index < -0.39 is 0 Å². The topological polar surface area (TPSA) is 65.3 Å². The Balaban J connectivity index is 2.23. The van der Waals surface area contributed by atoms with Crippen LogP contribution in [0.1, 0.15) is 18.4 Å². The molecule has 0 radical (unpaired) electrons. The zero-order valence-electron chi connectivity index (χ0n) is 9.85. The Kier molecular flexibility index (Phi) is 6.80. The maximum absolute atomic E-state index is 8.62. The first-order valence-electron chi connectivity index (χ1n) is 5.77. The van der Waals surface area contributed by atoms with Gasteiger partial charge in [0.1, 0.15) is 11.8 Å². The average Bonchev–Trinajstić information content (AvgIpc) is 2.37. The molecule has 4 heteroatoms. The first-order valence-corrected chi connectivity index (χ1v) is 5.77. The van der Waals surface area contributed by atoms with Crippen molar-refractivity contribution in [2.45, 2.75) is 19.4 Å². The molecule has 0 heterocycles. The molecule has 4 nitrogen and oxygen atoms in total. The molecule has 0 aromatic heterocycles. The molecule has 0 aliphatic rings. The molecule has 17 heavy (non-hydrogen) atoms. The standard InChI is InChI=1S/C13H18N2O2/c14-7-10-17-13-5-3-12(4-6-13)11-15-8-1-2-9-16/h3-6,15-16H,1-2,8-11H2. The van der Waals surface area contributed by atoms with Gasteiger partial charge in [0, 0.05) is 13.2 Å². The normalized spacial score (nSPS) is 9.88. The van der Waals surface area contributed by atoms with Crippen molar-refractivity contribution in [2.24, 2.45) is 0 Å². The van der Waals surface area contributed by atoms with Gasteiger partial charge >= 0.3 is 0 Å². The summed E-state index contributed by atoms with van der Waals surface area (Å²) in [6.07, 6.45) is 1.83. The summed E-state index contributed by atoms with van der Waals surface area (Å²) < 4.78 is 5.16. The van der Waals surface area contributed by atoms with Gasteiger partial charge in [0.25, 0.3) is 0 Å². The lowest BCUT2D eigenvalue weighted by Crippen LogP contribution is -2.14. The van der Waals surface area contributed by atoms with Crippen LogP contribution in [0.3, 0.4) is 0 Å². The van der Waals surface area contributed by atoms with E-state index in [0.29, 0.717) is 0 Å². The Labute approximate surface area is 102 Å². The predicted molar refractivity (Wildman–Crippen MR) is 65.6 cm³/mol. The van der Waals surface area contributed by atoms with Crippen LogP contribution in [0.2, 0.25) is 0 Å². The van der Waals surface area contributed by atoms with Crippen molar-refractivity contribution < 1.29 is 9.84 Å². The third kappa shape index (κ3) is 5.91. The largest absolute Gasteiger partial charge is 0.479 e. The van der Waals surface area contributed by atoms with E-state index in [0.717, 1.165) is 31.7 Å². The third-order valence-corrected chi connectivity index (χ3v) is 2.32. The van der Waals surface area contributed by atoms with Gasteiger partial charge < -0.3 is 15.2 Å². The number of hydrogen-bond acceptors (Lipinski definition) is 4. The number of rotatable bonds is 8. The number of aliphatic hydroxyl groups is 1. The van der Waals surface area contributed by atoms with Crippen LogP contribution in [0.4, 0.5) is 0 Å². The fraction of sp³-hybridized carbons (Fsp3) is 0.462. The molecule has 1 aromatic carbocycles. The van der Waals surface area contributed by atoms with Gasteiger partial charge in [0.15, 0.2) is 6.61 Å². The summed E-state index contributed by atoms with van der Waals surface area (Å²) in [4.78, 5) is 0. The van der Waals surface area contributed by atoms with E-state index in [2.05, 4.69) is 5.32 Å². The summed E-state index contributed by atoms with van der Waals surface area (Å²) >= 11 is 0. The molecule has 0 fully saturated rings. The van der Waals surface area contributed by atoms with Crippen LogP contribution in [-0.4, -0.2) is 24.9 Å². The molecule has 0 amide bonds. The van der Waals surface area contributed by atoms with Crippen LogP contribution in [-0.2, 0) is 6.54 Å². The van der Waals surface area contributed by atoms with Crippen LogP contribution in [0.5, 0.6) is 5.75 Å². The maximum Gasteiger partial charge on any atom is 0.174 e. The number of nitriles is 1. The Morgan fingerprint density at radius 2 is 2.00 bits per heavy atom. The van der Waals surface area contributed by atoms with E-state index in [1.165, 1.54) is 5.56 Å². The van der Waals surface area contributed by atoms with E-state index in [9.17, 15) is 0 Å². The number of hydrogen-bond donors (Lipinski definition) is 2. The van der Waals surface area contributed by atoms with Crippen LogP contribution in [0.25, 0.3) is 0 Å². The van der Waals surface area contributed by atoms with Gasteiger partial charge in [-0.25, -0.2) is 0 Å². The van der Waals surface area contributed by atoms with Gasteiger partial charge in [-0.1, -0.05) is 12.1 Å². The van der Waals surface area contributed by atoms with Crippen molar-refractivity contribution in [3.63, 3.8) is 0 Å². The molecule has 0 atom stereocenters. The molecule has 1 rings (SSSR count). The Morgan fingerprint density at radius 3 is 2.65 bits per heavy atom. The van der Waals surface area contributed by atoms with E-state index in [1.54, 1.807) is 0 Å². The van der Waals surface area contributed by atoms with Gasteiger partial charge in [-0.2, -0.15) is 5.26 Å². The van der Waals surface area contributed by atoms with Crippen molar-refractivity contribution in [2.75, 3.05) is 19.8 Å². The average molecular weight is 234 g/mol. The predicted octanol–water partition coefficient (Wildman–Crippen LogP) is 1.45. The molecular formula is C13H18N2O2. The highest BCUT2D eigenvalue weighted by Gasteiger charge is 1.95. The van der Waals surface area contributed by atoms with Gasteiger partial charge in [-0.05, 0) is 37.1 Å². The molecule has 0 spiro atoms. The minimum atomic E-state index is 0.0821. The van der Waals surface area contributed by atoms with Crippen molar-refractivity contribution >= 4 is 0 Å². The quantitative estimate of drug-likeness (QED) is 0.668. The first-order chi connectivity index (χ1) is 8.36. The van der Waals surface area contributed by atoms with Crippen molar-refractivity contribution in [1.29, 1.82) is 5.26 Å². The SMILES string of the molecule is N#CCOc1ccc(CNCCCCO)cc1. The number of aliphatic hydroxyl groups excluding tert-OH is 1. The lowest BCUT2D eigenvalue weighted by molar-refractivity contribution is 0.283. The first kappa shape index (κ1) is 13.5. The third-order valence-electron chi connectivity index (χ3n) is 2.32. The van der Waals surface area contributed by atoms with Crippen molar-refractivity contribution in [3.05, 3.63) is 29.8 Å². The second-order valence-electron chi connectivity index (χ2n) is 3.70.